The topological polar surface area (TPSA) is 23.4 Å². The first-order valence-corrected chi connectivity index (χ1v) is 7.53. The number of nitrogens with zero attached hydrogens (tertiary/aromatic N) is 1. The number of fused-ring (bicyclic) bond motifs is 3. The SMILES string of the molecule is Fc1c(F)c(F)c(OB2Oc3c(F)c(F)c(F)c(F)c3-c3cccn32)c(F)c1F. The van der Waals surface area contributed by atoms with Crippen molar-refractivity contribution in [1.29, 1.82) is 0 Å². The van der Waals surface area contributed by atoms with E-state index in [4.69, 9.17) is 4.65 Å². The highest BCUT2D eigenvalue weighted by molar-refractivity contribution is 6.46. The maximum absolute atomic E-state index is 14.1. The number of rotatable bonds is 2. The van der Waals surface area contributed by atoms with Crippen LogP contribution in [0.25, 0.3) is 11.3 Å². The Morgan fingerprint density at radius 1 is 0.690 bits per heavy atom. The van der Waals surface area contributed by atoms with Crippen molar-refractivity contribution in [1.82, 2.24) is 4.48 Å². The quantitative estimate of drug-likeness (QED) is 0.258. The second-order valence-electron chi connectivity index (χ2n) is 5.70. The van der Waals surface area contributed by atoms with E-state index in [1.54, 1.807) is 0 Å². The fourth-order valence-corrected chi connectivity index (χ4v) is 2.77. The van der Waals surface area contributed by atoms with Crippen LogP contribution >= 0.6 is 0 Å². The van der Waals surface area contributed by atoms with Gasteiger partial charge in [-0.2, -0.15) is 13.2 Å². The maximum Gasteiger partial charge on any atom is 0.742 e. The first-order valence-electron chi connectivity index (χ1n) is 7.53. The summed E-state index contributed by atoms with van der Waals surface area (Å²) in [6.45, 7) is 0. The van der Waals surface area contributed by atoms with Gasteiger partial charge in [-0.05, 0) is 18.3 Å². The van der Waals surface area contributed by atoms with Crippen molar-refractivity contribution in [2.24, 2.45) is 0 Å². The van der Waals surface area contributed by atoms with Crippen LogP contribution in [-0.4, -0.2) is 11.7 Å². The van der Waals surface area contributed by atoms with E-state index in [2.05, 4.69) is 4.65 Å². The summed E-state index contributed by atoms with van der Waals surface area (Å²) in [5.41, 5.74) is -1.25. The fourth-order valence-electron chi connectivity index (χ4n) is 2.77. The van der Waals surface area contributed by atoms with Gasteiger partial charge >= 0.3 is 7.25 Å². The maximum atomic E-state index is 14.1. The monoisotopic (exact) mass is 423 g/mol. The first kappa shape index (κ1) is 19.1. The smallest absolute Gasteiger partial charge is 0.503 e. The van der Waals surface area contributed by atoms with E-state index < -0.39 is 76.7 Å². The largest absolute Gasteiger partial charge is 0.742 e. The normalized spacial score (nSPS) is 12.5. The molecule has 1 aliphatic heterocycles. The van der Waals surface area contributed by atoms with Crippen molar-refractivity contribution < 1.29 is 48.8 Å². The molecule has 0 saturated heterocycles. The van der Waals surface area contributed by atoms with E-state index in [1.165, 1.54) is 6.07 Å². The molecule has 3 aromatic rings. The molecule has 0 spiro atoms. The molecule has 0 amide bonds. The molecule has 0 aliphatic carbocycles. The molecule has 29 heavy (non-hydrogen) atoms. The molecule has 2 heterocycles. The number of hydrogen-bond donors (Lipinski definition) is 0. The zero-order valence-corrected chi connectivity index (χ0v) is 13.5. The lowest BCUT2D eigenvalue weighted by atomic mass is 9.98. The predicted octanol–water partition coefficient (Wildman–Crippen LogP) is 4.71. The van der Waals surface area contributed by atoms with E-state index in [-0.39, 0.29) is 5.69 Å². The third kappa shape index (κ3) is 2.56. The van der Waals surface area contributed by atoms with Crippen molar-refractivity contribution in [3.8, 4) is 22.8 Å². The summed E-state index contributed by atoms with van der Waals surface area (Å²) in [5, 5.41) is 0. The van der Waals surface area contributed by atoms with Gasteiger partial charge in [0.1, 0.15) is 0 Å². The minimum Gasteiger partial charge on any atom is -0.503 e. The van der Waals surface area contributed by atoms with Crippen LogP contribution in [0.15, 0.2) is 18.3 Å². The molecule has 0 N–H and O–H groups in total. The molecule has 150 valence electrons. The average molecular weight is 423 g/mol. The lowest BCUT2D eigenvalue weighted by Gasteiger charge is -2.26. The Balaban J connectivity index is 1.87. The lowest BCUT2D eigenvalue weighted by Crippen LogP contribution is -2.42. The van der Waals surface area contributed by atoms with Crippen molar-refractivity contribution in [2.75, 3.05) is 0 Å². The first-order chi connectivity index (χ1) is 13.6. The van der Waals surface area contributed by atoms with Crippen molar-refractivity contribution >= 4 is 7.25 Å². The molecule has 0 unspecified atom stereocenters. The van der Waals surface area contributed by atoms with E-state index in [9.17, 15) is 39.5 Å². The summed E-state index contributed by atoms with van der Waals surface area (Å²) in [4.78, 5) is 0. The van der Waals surface area contributed by atoms with Gasteiger partial charge in [0.15, 0.2) is 23.1 Å². The van der Waals surface area contributed by atoms with Crippen LogP contribution in [0.1, 0.15) is 0 Å². The average Bonchev–Trinajstić information content (AvgIpc) is 3.20. The van der Waals surface area contributed by atoms with Gasteiger partial charge < -0.3 is 13.8 Å². The molecular weight excluding hydrogens is 420 g/mol. The number of hydrogen-bond acceptors (Lipinski definition) is 2. The van der Waals surface area contributed by atoms with Gasteiger partial charge in [0.05, 0.1) is 5.56 Å². The molecule has 3 nitrogen and oxygen atoms in total. The minimum atomic E-state index is -2.45. The zero-order chi connectivity index (χ0) is 21.2. The molecule has 0 bridgehead atoms. The molecule has 1 aromatic heterocycles. The summed E-state index contributed by atoms with van der Waals surface area (Å²) in [7, 11) is -2.15. The summed E-state index contributed by atoms with van der Waals surface area (Å²) in [6, 6.07) is 2.23. The van der Waals surface area contributed by atoms with Crippen LogP contribution in [0, 0.1) is 52.4 Å². The molecule has 4 rings (SSSR count). The van der Waals surface area contributed by atoms with Gasteiger partial charge in [-0.3, -0.25) is 0 Å². The van der Waals surface area contributed by atoms with Gasteiger partial charge in [-0.15, -0.1) is 0 Å². The van der Waals surface area contributed by atoms with Gasteiger partial charge in [0, 0.05) is 5.69 Å². The molecule has 0 atom stereocenters. The lowest BCUT2D eigenvalue weighted by molar-refractivity contribution is 0.317. The Morgan fingerprint density at radius 2 is 1.21 bits per heavy atom. The molecular formula is C16H3BF9NO2. The van der Waals surface area contributed by atoms with E-state index in [1.807, 2.05) is 0 Å². The zero-order valence-electron chi connectivity index (χ0n) is 13.5. The second-order valence-corrected chi connectivity index (χ2v) is 5.70. The number of halogens is 9. The summed E-state index contributed by atoms with van der Waals surface area (Å²) < 4.78 is 133. The third-order valence-corrected chi connectivity index (χ3v) is 4.09. The molecule has 13 heteroatoms. The van der Waals surface area contributed by atoms with Crippen LogP contribution < -0.4 is 9.31 Å². The Bertz CT molecular complexity index is 1150. The summed E-state index contributed by atoms with van der Waals surface area (Å²) in [6.07, 6.45) is 1.04. The van der Waals surface area contributed by atoms with Gasteiger partial charge in [-0.25, -0.2) is 26.3 Å². The van der Waals surface area contributed by atoms with Gasteiger partial charge in [0.2, 0.25) is 40.7 Å². The molecule has 1 aliphatic rings. The minimum absolute atomic E-state index is 0.379. The Morgan fingerprint density at radius 3 is 1.83 bits per heavy atom. The Hall–Kier alpha value is -3.25. The Kier molecular flexibility index (Phi) is 4.21. The van der Waals surface area contributed by atoms with Gasteiger partial charge in [0.25, 0.3) is 0 Å². The third-order valence-electron chi connectivity index (χ3n) is 4.09. The van der Waals surface area contributed by atoms with Crippen LogP contribution in [0.2, 0.25) is 0 Å². The van der Waals surface area contributed by atoms with Crippen LogP contribution in [0.4, 0.5) is 39.5 Å². The highest BCUT2D eigenvalue weighted by Gasteiger charge is 2.42. The van der Waals surface area contributed by atoms with E-state index in [0.29, 0.717) is 0 Å². The van der Waals surface area contributed by atoms with Crippen LogP contribution in [0.3, 0.4) is 0 Å². The van der Waals surface area contributed by atoms with Gasteiger partial charge in [-0.1, -0.05) is 0 Å². The highest BCUT2D eigenvalue weighted by Crippen LogP contribution is 2.42. The molecule has 2 aromatic carbocycles. The van der Waals surface area contributed by atoms with Crippen molar-refractivity contribution in [3.05, 3.63) is 70.7 Å². The molecule has 0 fully saturated rings. The summed E-state index contributed by atoms with van der Waals surface area (Å²) in [5.74, 6) is -23.0. The standard InChI is InChI=1S/C16H3BF9NO2/c18-6-5-4-2-1-3-27(4)17(28-15(5)12(24)9(21)7(6)19)29-16-13(25)10(22)8(20)11(23)14(16)26/h1-3H. The number of aromatic nitrogens is 1. The van der Waals surface area contributed by atoms with Crippen molar-refractivity contribution in [3.63, 3.8) is 0 Å². The fraction of sp³-hybridized carbons (Fsp3) is 0. The Labute approximate surface area is 155 Å². The molecule has 0 radical (unpaired) electrons. The second kappa shape index (κ2) is 6.39. The van der Waals surface area contributed by atoms with Crippen LogP contribution in [-0.2, 0) is 0 Å². The van der Waals surface area contributed by atoms with E-state index in [0.717, 1.165) is 16.7 Å². The van der Waals surface area contributed by atoms with E-state index >= 15 is 0 Å². The summed E-state index contributed by atoms with van der Waals surface area (Å²) >= 11 is 0. The van der Waals surface area contributed by atoms with Crippen LogP contribution in [0.5, 0.6) is 11.5 Å². The molecule has 0 saturated carbocycles. The number of benzene rings is 2. The highest BCUT2D eigenvalue weighted by atomic mass is 19.2. The predicted molar refractivity (Wildman–Crippen MR) is 78.3 cm³/mol. The van der Waals surface area contributed by atoms with Crippen molar-refractivity contribution in [2.45, 2.75) is 0 Å².